The second-order valence-electron chi connectivity index (χ2n) is 6.48. The van der Waals surface area contributed by atoms with Gasteiger partial charge in [-0.25, -0.2) is 4.79 Å². The van der Waals surface area contributed by atoms with Crippen molar-refractivity contribution in [3.05, 3.63) is 104 Å². The van der Waals surface area contributed by atoms with Crippen molar-refractivity contribution < 1.29 is 19.2 Å². The monoisotopic (exact) mass is 481 g/mol. The van der Waals surface area contributed by atoms with Gasteiger partial charge in [-0.3, -0.25) is 14.9 Å². The number of nitro groups is 1. The lowest BCUT2D eigenvalue weighted by Crippen LogP contribution is -2.13. The van der Waals surface area contributed by atoms with Gasteiger partial charge in [-0.1, -0.05) is 47.5 Å². The predicted molar refractivity (Wildman–Crippen MR) is 123 cm³/mol. The second-order valence-corrected chi connectivity index (χ2v) is 7.32. The zero-order chi connectivity index (χ0) is 24.0. The molecule has 33 heavy (non-hydrogen) atoms. The first-order chi connectivity index (χ1) is 15.8. The van der Waals surface area contributed by atoms with Crippen LogP contribution >= 0.6 is 23.2 Å². The van der Waals surface area contributed by atoms with Gasteiger partial charge in [0, 0.05) is 11.1 Å². The van der Waals surface area contributed by atoms with Gasteiger partial charge in [-0.2, -0.15) is 5.26 Å². The lowest BCUT2D eigenvalue weighted by atomic mass is 10.1. The molecule has 0 fully saturated rings. The number of nitrogens with zero attached hydrogens (tertiary/aromatic N) is 2. The molecule has 0 aromatic heterocycles. The molecule has 3 aromatic carbocycles. The van der Waals surface area contributed by atoms with Gasteiger partial charge < -0.3 is 10.1 Å². The number of carbonyl (C=O) groups is 2. The van der Waals surface area contributed by atoms with E-state index in [1.165, 1.54) is 66.7 Å². The van der Waals surface area contributed by atoms with Crippen molar-refractivity contribution in [2.45, 2.75) is 0 Å². The average molecular weight is 482 g/mol. The summed E-state index contributed by atoms with van der Waals surface area (Å²) in [5.74, 6) is -1.45. The van der Waals surface area contributed by atoms with E-state index < -0.39 is 16.8 Å². The summed E-state index contributed by atoms with van der Waals surface area (Å²) in [5, 5.41) is 23.6. The summed E-state index contributed by atoms with van der Waals surface area (Å²) >= 11 is 11.9. The lowest BCUT2D eigenvalue weighted by molar-refractivity contribution is -0.385. The Kier molecular flexibility index (Phi) is 7.41. The molecular formula is C23H13Cl2N3O5. The second kappa shape index (κ2) is 10.4. The van der Waals surface area contributed by atoms with Crippen molar-refractivity contribution in [2.24, 2.45) is 0 Å². The molecule has 0 saturated heterocycles. The van der Waals surface area contributed by atoms with Crippen LogP contribution in [-0.4, -0.2) is 16.8 Å². The molecular weight excluding hydrogens is 469 g/mol. The molecule has 0 aliphatic carbocycles. The summed E-state index contributed by atoms with van der Waals surface area (Å²) in [6, 6.07) is 17.7. The van der Waals surface area contributed by atoms with E-state index in [9.17, 15) is 25.0 Å². The van der Waals surface area contributed by atoms with E-state index in [1.807, 2.05) is 6.07 Å². The average Bonchev–Trinajstić information content (AvgIpc) is 2.80. The normalized spacial score (nSPS) is 10.8. The highest BCUT2D eigenvalue weighted by molar-refractivity contribution is 6.36. The first-order valence-electron chi connectivity index (χ1n) is 9.22. The number of hydrogen-bond acceptors (Lipinski definition) is 6. The van der Waals surface area contributed by atoms with Crippen molar-refractivity contribution in [3.63, 3.8) is 0 Å². The van der Waals surface area contributed by atoms with Crippen molar-refractivity contribution in [1.29, 1.82) is 5.26 Å². The van der Waals surface area contributed by atoms with Crippen LogP contribution in [0.4, 0.5) is 11.4 Å². The van der Waals surface area contributed by atoms with Crippen molar-refractivity contribution in [3.8, 4) is 11.8 Å². The Balaban J connectivity index is 1.74. The van der Waals surface area contributed by atoms with E-state index in [0.29, 0.717) is 10.6 Å². The Morgan fingerprint density at radius 2 is 1.76 bits per heavy atom. The van der Waals surface area contributed by atoms with Gasteiger partial charge in [0.2, 0.25) is 0 Å². The Morgan fingerprint density at radius 3 is 2.42 bits per heavy atom. The highest BCUT2D eigenvalue weighted by Gasteiger charge is 2.21. The minimum atomic E-state index is -0.888. The lowest BCUT2D eigenvalue weighted by Gasteiger charge is -2.07. The number of nitro benzene ring substituents is 1. The van der Waals surface area contributed by atoms with Crippen molar-refractivity contribution in [2.75, 3.05) is 5.32 Å². The summed E-state index contributed by atoms with van der Waals surface area (Å²) in [5.41, 5.74) is -0.0196. The van der Waals surface area contributed by atoms with Crippen LogP contribution in [0.15, 0.2) is 72.3 Å². The Labute approximate surface area is 197 Å². The van der Waals surface area contributed by atoms with Gasteiger partial charge in [0.05, 0.1) is 15.6 Å². The molecule has 3 aromatic rings. The van der Waals surface area contributed by atoms with Crippen LogP contribution in [0.2, 0.25) is 10.0 Å². The van der Waals surface area contributed by atoms with Gasteiger partial charge in [-0.15, -0.1) is 0 Å². The molecule has 10 heteroatoms. The quantitative estimate of drug-likeness (QED) is 0.121. The number of benzene rings is 3. The molecule has 0 atom stereocenters. The molecule has 0 radical (unpaired) electrons. The number of anilines is 1. The van der Waals surface area contributed by atoms with E-state index >= 15 is 0 Å². The standard InChI is InChI=1S/C23H13Cl2N3O5/c24-16-7-10-19(25)20(12-16)27-22(29)15(13-26)11-14-5-8-17(9-6-14)33-23(30)18-3-1-2-4-21(18)28(31)32/h1-12H,(H,27,29)/b15-11-. The predicted octanol–water partition coefficient (Wildman–Crippen LogP) is 5.67. The molecule has 0 spiro atoms. The van der Waals surface area contributed by atoms with Crippen LogP contribution in [0, 0.1) is 21.4 Å². The molecule has 0 saturated carbocycles. The number of hydrogen-bond donors (Lipinski definition) is 1. The summed E-state index contributed by atoms with van der Waals surface area (Å²) in [7, 11) is 0. The summed E-state index contributed by atoms with van der Waals surface area (Å²) in [6.45, 7) is 0. The highest BCUT2D eigenvalue weighted by Crippen LogP contribution is 2.26. The van der Waals surface area contributed by atoms with Crippen LogP contribution in [0.25, 0.3) is 6.08 Å². The first kappa shape index (κ1) is 23.5. The fourth-order valence-corrected chi connectivity index (χ4v) is 3.03. The molecule has 8 nitrogen and oxygen atoms in total. The number of halogens is 2. The molecule has 0 bridgehead atoms. The number of nitriles is 1. The molecule has 1 amide bonds. The smallest absolute Gasteiger partial charge is 0.350 e. The largest absolute Gasteiger partial charge is 0.423 e. The van der Waals surface area contributed by atoms with E-state index in [4.69, 9.17) is 27.9 Å². The number of carbonyl (C=O) groups excluding carboxylic acids is 2. The van der Waals surface area contributed by atoms with Crippen molar-refractivity contribution >= 4 is 52.5 Å². The van der Waals surface area contributed by atoms with Crippen LogP contribution in [0.1, 0.15) is 15.9 Å². The maximum atomic E-state index is 12.4. The SMILES string of the molecule is N#C/C(=C/c1ccc(OC(=O)c2ccccc2[N+](=O)[O-])cc1)C(=O)Nc1cc(Cl)ccc1Cl. The zero-order valence-electron chi connectivity index (χ0n) is 16.6. The maximum Gasteiger partial charge on any atom is 0.350 e. The molecule has 1 N–H and O–H groups in total. The van der Waals surface area contributed by atoms with Crippen molar-refractivity contribution in [1.82, 2.24) is 0 Å². The topological polar surface area (TPSA) is 122 Å². The van der Waals surface area contributed by atoms with Gasteiger partial charge >= 0.3 is 5.97 Å². The molecule has 0 aliphatic heterocycles. The number of ether oxygens (including phenoxy) is 1. The number of nitrogens with one attached hydrogen (secondary N) is 1. The van der Waals surface area contributed by atoms with Crippen LogP contribution in [0.5, 0.6) is 5.75 Å². The first-order valence-corrected chi connectivity index (χ1v) is 9.98. The number of para-hydroxylation sites is 1. The fourth-order valence-electron chi connectivity index (χ4n) is 2.70. The molecule has 0 unspecified atom stereocenters. The van der Waals surface area contributed by atoms with Crippen LogP contribution in [0.3, 0.4) is 0 Å². The third-order valence-electron chi connectivity index (χ3n) is 4.26. The van der Waals surface area contributed by atoms with Crippen LogP contribution in [-0.2, 0) is 4.79 Å². The Morgan fingerprint density at radius 1 is 1.06 bits per heavy atom. The minimum Gasteiger partial charge on any atom is -0.423 e. The van der Waals surface area contributed by atoms with E-state index in [0.717, 1.165) is 0 Å². The molecule has 0 aliphatic rings. The van der Waals surface area contributed by atoms with Gasteiger partial charge in [0.25, 0.3) is 11.6 Å². The fraction of sp³-hybridized carbons (Fsp3) is 0. The highest BCUT2D eigenvalue weighted by atomic mass is 35.5. The number of rotatable bonds is 6. The minimum absolute atomic E-state index is 0.129. The Hall–Kier alpha value is -4.19. The number of esters is 1. The van der Waals surface area contributed by atoms with E-state index in [1.54, 1.807) is 6.07 Å². The summed E-state index contributed by atoms with van der Waals surface area (Å²) < 4.78 is 5.19. The van der Waals surface area contributed by atoms with Gasteiger partial charge in [0.1, 0.15) is 23.0 Å². The summed E-state index contributed by atoms with van der Waals surface area (Å²) in [4.78, 5) is 35.2. The van der Waals surface area contributed by atoms with Gasteiger partial charge in [0.15, 0.2) is 0 Å². The zero-order valence-corrected chi connectivity index (χ0v) is 18.1. The van der Waals surface area contributed by atoms with Gasteiger partial charge in [-0.05, 0) is 48.0 Å². The number of amides is 1. The van der Waals surface area contributed by atoms with E-state index in [-0.39, 0.29) is 33.3 Å². The van der Waals surface area contributed by atoms with E-state index in [2.05, 4.69) is 5.32 Å². The molecule has 164 valence electrons. The Bertz CT molecular complexity index is 1310. The third-order valence-corrected chi connectivity index (χ3v) is 4.83. The van der Waals surface area contributed by atoms with Crippen LogP contribution < -0.4 is 10.1 Å². The maximum absolute atomic E-state index is 12.4. The molecule has 3 rings (SSSR count). The summed E-state index contributed by atoms with van der Waals surface area (Å²) in [6.07, 6.45) is 1.33. The third kappa shape index (κ3) is 5.95. The molecule has 0 heterocycles.